The average molecular weight is 384 g/mol. The molecule has 1 fully saturated rings. The zero-order valence-corrected chi connectivity index (χ0v) is 14.6. The first-order valence-electron chi connectivity index (χ1n) is 7.19. The molecule has 1 saturated heterocycles. The lowest BCUT2D eigenvalue weighted by Crippen LogP contribution is -2.44. The summed E-state index contributed by atoms with van der Waals surface area (Å²) in [6.45, 7) is 11.9. The predicted octanol–water partition coefficient (Wildman–Crippen LogP) is 1.29. The van der Waals surface area contributed by atoms with E-state index in [2.05, 4.69) is 34.4 Å². The summed E-state index contributed by atoms with van der Waals surface area (Å²) >= 11 is 0. The van der Waals surface area contributed by atoms with E-state index in [9.17, 15) is 0 Å². The Labute approximate surface area is 134 Å². The Kier molecular flexibility index (Phi) is 12.9. The van der Waals surface area contributed by atoms with Crippen molar-refractivity contribution in [3.05, 3.63) is 0 Å². The van der Waals surface area contributed by atoms with E-state index >= 15 is 0 Å². The van der Waals surface area contributed by atoms with E-state index in [-0.39, 0.29) is 24.0 Å². The van der Waals surface area contributed by atoms with Crippen LogP contribution in [-0.4, -0.2) is 63.3 Å². The highest BCUT2D eigenvalue weighted by molar-refractivity contribution is 14.0. The SMILES string of the molecule is CCCCN=C(NCC)NCCN1CCOCC1.I. The van der Waals surface area contributed by atoms with Gasteiger partial charge in [-0.25, -0.2) is 0 Å². The molecule has 0 aromatic heterocycles. The highest BCUT2D eigenvalue weighted by Gasteiger charge is 2.09. The van der Waals surface area contributed by atoms with Crippen molar-refractivity contribution in [1.29, 1.82) is 0 Å². The maximum Gasteiger partial charge on any atom is 0.191 e. The maximum atomic E-state index is 5.33. The third-order valence-electron chi connectivity index (χ3n) is 2.95. The van der Waals surface area contributed by atoms with Crippen LogP contribution in [0.4, 0.5) is 0 Å². The molecule has 0 aliphatic carbocycles. The number of nitrogens with one attached hydrogen (secondary N) is 2. The van der Waals surface area contributed by atoms with Gasteiger partial charge in [0.1, 0.15) is 0 Å². The Bertz CT molecular complexity index is 233. The summed E-state index contributed by atoms with van der Waals surface area (Å²) in [5.41, 5.74) is 0. The van der Waals surface area contributed by atoms with Crippen LogP contribution < -0.4 is 10.6 Å². The van der Waals surface area contributed by atoms with E-state index < -0.39 is 0 Å². The lowest BCUT2D eigenvalue weighted by molar-refractivity contribution is 0.0389. The number of aliphatic imine (C=N–C) groups is 1. The van der Waals surface area contributed by atoms with Gasteiger partial charge >= 0.3 is 0 Å². The van der Waals surface area contributed by atoms with Crippen molar-refractivity contribution in [1.82, 2.24) is 15.5 Å². The molecule has 6 heteroatoms. The molecule has 1 heterocycles. The first kappa shape index (κ1) is 18.9. The second-order valence-electron chi connectivity index (χ2n) is 4.50. The molecule has 2 N–H and O–H groups in total. The molecule has 0 bridgehead atoms. The number of rotatable bonds is 7. The fourth-order valence-corrected chi connectivity index (χ4v) is 1.85. The first-order valence-corrected chi connectivity index (χ1v) is 7.19. The van der Waals surface area contributed by atoms with Crippen molar-refractivity contribution in [2.75, 3.05) is 52.5 Å². The molecular weight excluding hydrogens is 355 g/mol. The molecule has 1 aliphatic rings. The smallest absolute Gasteiger partial charge is 0.191 e. The topological polar surface area (TPSA) is 48.9 Å². The standard InChI is InChI=1S/C13H28N4O.HI/c1-3-5-6-15-13(14-4-2)16-7-8-17-9-11-18-12-10-17;/h3-12H2,1-2H3,(H2,14,15,16);1H. The minimum absolute atomic E-state index is 0. The second kappa shape index (κ2) is 12.9. The molecule has 0 radical (unpaired) electrons. The van der Waals surface area contributed by atoms with Crippen LogP contribution in [0.25, 0.3) is 0 Å². The van der Waals surface area contributed by atoms with Gasteiger partial charge in [0.2, 0.25) is 0 Å². The summed E-state index contributed by atoms with van der Waals surface area (Å²) in [5, 5.41) is 6.66. The molecule has 0 unspecified atom stereocenters. The molecule has 114 valence electrons. The third kappa shape index (κ3) is 9.45. The van der Waals surface area contributed by atoms with Gasteiger partial charge in [0.25, 0.3) is 0 Å². The Morgan fingerprint density at radius 2 is 1.95 bits per heavy atom. The molecule has 0 aromatic carbocycles. The number of hydrogen-bond donors (Lipinski definition) is 2. The molecule has 0 spiro atoms. The lowest BCUT2D eigenvalue weighted by Gasteiger charge is -2.26. The van der Waals surface area contributed by atoms with Gasteiger partial charge in [-0.15, -0.1) is 24.0 Å². The summed E-state index contributed by atoms with van der Waals surface area (Å²) in [5.74, 6) is 0.944. The van der Waals surface area contributed by atoms with Crippen LogP contribution in [0.2, 0.25) is 0 Å². The van der Waals surface area contributed by atoms with Crippen molar-refractivity contribution in [3.63, 3.8) is 0 Å². The third-order valence-corrected chi connectivity index (χ3v) is 2.95. The van der Waals surface area contributed by atoms with Crippen LogP contribution in [0.5, 0.6) is 0 Å². The summed E-state index contributed by atoms with van der Waals surface area (Å²) in [7, 11) is 0. The molecule has 1 rings (SSSR count). The Balaban J connectivity index is 0.00000324. The normalized spacial score (nSPS) is 16.8. The largest absolute Gasteiger partial charge is 0.379 e. The predicted molar refractivity (Wildman–Crippen MR) is 91.6 cm³/mol. The van der Waals surface area contributed by atoms with Gasteiger partial charge in [-0.05, 0) is 13.3 Å². The van der Waals surface area contributed by atoms with E-state index in [1.807, 2.05) is 0 Å². The molecule has 19 heavy (non-hydrogen) atoms. The van der Waals surface area contributed by atoms with Gasteiger partial charge in [-0.1, -0.05) is 13.3 Å². The van der Waals surface area contributed by atoms with Crippen LogP contribution >= 0.6 is 24.0 Å². The van der Waals surface area contributed by atoms with Gasteiger partial charge in [-0.3, -0.25) is 9.89 Å². The van der Waals surface area contributed by atoms with E-state index in [0.717, 1.165) is 64.9 Å². The van der Waals surface area contributed by atoms with Gasteiger partial charge in [0.05, 0.1) is 13.2 Å². The number of unbranched alkanes of at least 4 members (excludes halogenated alkanes) is 1. The van der Waals surface area contributed by atoms with Crippen molar-refractivity contribution >= 4 is 29.9 Å². The van der Waals surface area contributed by atoms with Gasteiger partial charge < -0.3 is 15.4 Å². The van der Waals surface area contributed by atoms with Crippen LogP contribution in [-0.2, 0) is 4.74 Å². The summed E-state index contributed by atoms with van der Waals surface area (Å²) in [6.07, 6.45) is 2.34. The summed E-state index contributed by atoms with van der Waals surface area (Å²) in [6, 6.07) is 0. The Hall–Kier alpha value is -0.0800. The van der Waals surface area contributed by atoms with E-state index in [1.54, 1.807) is 0 Å². The van der Waals surface area contributed by atoms with Crippen molar-refractivity contribution in [3.8, 4) is 0 Å². The average Bonchev–Trinajstić information content (AvgIpc) is 2.40. The van der Waals surface area contributed by atoms with Crippen LogP contribution in [0.1, 0.15) is 26.7 Å². The van der Waals surface area contributed by atoms with Gasteiger partial charge in [-0.2, -0.15) is 0 Å². The number of nitrogens with zero attached hydrogens (tertiary/aromatic N) is 2. The highest BCUT2D eigenvalue weighted by atomic mass is 127. The fourth-order valence-electron chi connectivity index (χ4n) is 1.85. The van der Waals surface area contributed by atoms with Gasteiger partial charge in [0, 0.05) is 39.3 Å². The second-order valence-corrected chi connectivity index (χ2v) is 4.50. The highest BCUT2D eigenvalue weighted by Crippen LogP contribution is 1.94. The number of guanidine groups is 1. The van der Waals surface area contributed by atoms with Crippen LogP contribution in [0.3, 0.4) is 0 Å². The lowest BCUT2D eigenvalue weighted by atomic mass is 10.3. The van der Waals surface area contributed by atoms with Crippen LogP contribution in [0.15, 0.2) is 4.99 Å². The van der Waals surface area contributed by atoms with Crippen molar-refractivity contribution in [2.24, 2.45) is 4.99 Å². The van der Waals surface area contributed by atoms with Crippen molar-refractivity contribution in [2.45, 2.75) is 26.7 Å². The first-order chi connectivity index (χ1) is 8.86. The number of ether oxygens (including phenoxy) is 1. The zero-order valence-electron chi connectivity index (χ0n) is 12.3. The number of hydrogen-bond acceptors (Lipinski definition) is 3. The quantitative estimate of drug-likeness (QED) is 0.301. The molecule has 5 nitrogen and oxygen atoms in total. The Morgan fingerprint density at radius 1 is 1.21 bits per heavy atom. The van der Waals surface area contributed by atoms with Gasteiger partial charge in [0.15, 0.2) is 5.96 Å². The van der Waals surface area contributed by atoms with E-state index in [0.29, 0.717) is 0 Å². The molecular formula is C13H29IN4O. The zero-order chi connectivity index (χ0) is 13.1. The molecule has 0 amide bonds. The minimum atomic E-state index is 0. The maximum absolute atomic E-state index is 5.33. The van der Waals surface area contributed by atoms with Crippen molar-refractivity contribution < 1.29 is 4.74 Å². The molecule has 0 saturated carbocycles. The van der Waals surface area contributed by atoms with E-state index in [4.69, 9.17) is 4.74 Å². The summed E-state index contributed by atoms with van der Waals surface area (Å²) in [4.78, 5) is 6.96. The monoisotopic (exact) mass is 384 g/mol. The summed E-state index contributed by atoms with van der Waals surface area (Å²) < 4.78 is 5.33. The molecule has 1 aliphatic heterocycles. The fraction of sp³-hybridized carbons (Fsp3) is 0.923. The van der Waals surface area contributed by atoms with E-state index in [1.165, 1.54) is 6.42 Å². The minimum Gasteiger partial charge on any atom is -0.379 e. The number of morpholine rings is 1. The molecule has 0 atom stereocenters. The van der Waals surface area contributed by atoms with Crippen LogP contribution in [0, 0.1) is 0 Å². The molecule has 0 aromatic rings. The Morgan fingerprint density at radius 3 is 2.58 bits per heavy atom. The number of halogens is 1.